The second kappa shape index (κ2) is 5.13. The minimum Gasteiger partial charge on any atom is -0.352 e. The Morgan fingerprint density at radius 2 is 2.15 bits per heavy atom. The van der Waals surface area contributed by atoms with Gasteiger partial charge >= 0.3 is 0 Å². The molecule has 0 aliphatic rings. The van der Waals surface area contributed by atoms with Crippen molar-refractivity contribution in [3.63, 3.8) is 0 Å². The maximum atomic E-state index is 12.1. The lowest BCUT2D eigenvalue weighted by molar-refractivity contribution is 0.0956. The second-order valence-corrected chi connectivity index (χ2v) is 4.36. The van der Waals surface area contributed by atoms with Crippen LogP contribution in [0.3, 0.4) is 0 Å². The Morgan fingerprint density at radius 1 is 1.30 bits per heavy atom. The molecular weight excluding hydrogens is 252 g/mol. The van der Waals surface area contributed by atoms with Gasteiger partial charge in [0.2, 0.25) is 0 Å². The zero-order chi connectivity index (χ0) is 13.9. The topological polar surface area (TPSA) is 59.8 Å². The fraction of sp³-hybridized carbons (Fsp3) is 0.133. The molecule has 5 heteroatoms. The molecule has 100 valence electrons. The first-order chi connectivity index (χ1) is 9.81. The van der Waals surface area contributed by atoms with Gasteiger partial charge in [0, 0.05) is 12.7 Å². The van der Waals surface area contributed by atoms with E-state index in [1.54, 1.807) is 18.7 Å². The summed E-state index contributed by atoms with van der Waals surface area (Å²) in [5.74, 6) is -0.0843. The van der Waals surface area contributed by atoms with Crippen molar-refractivity contribution in [1.29, 1.82) is 0 Å². The number of amides is 1. The highest BCUT2D eigenvalue weighted by atomic mass is 16.1. The van der Waals surface area contributed by atoms with Crippen LogP contribution in [0.1, 0.15) is 17.3 Å². The van der Waals surface area contributed by atoms with Gasteiger partial charge in [-0.25, -0.2) is 4.98 Å². The van der Waals surface area contributed by atoms with Crippen molar-refractivity contribution in [3.05, 3.63) is 54.6 Å². The number of pyridine rings is 1. The van der Waals surface area contributed by atoms with Crippen molar-refractivity contribution in [2.24, 2.45) is 0 Å². The second-order valence-electron chi connectivity index (χ2n) is 4.36. The first kappa shape index (κ1) is 12.3. The van der Waals surface area contributed by atoms with E-state index in [0.717, 1.165) is 16.7 Å². The molecule has 0 saturated heterocycles. The molecule has 0 aliphatic carbocycles. The van der Waals surface area contributed by atoms with E-state index in [4.69, 9.17) is 0 Å². The molecule has 0 saturated carbocycles. The van der Waals surface area contributed by atoms with Gasteiger partial charge in [-0.05, 0) is 25.1 Å². The molecule has 0 unspecified atom stereocenters. The Morgan fingerprint density at radius 3 is 3.00 bits per heavy atom. The van der Waals surface area contributed by atoms with Gasteiger partial charge in [0.25, 0.3) is 5.91 Å². The number of nitrogens with zero attached hydrogens (tertiary/aromatic N) is 3. The average Bonchev–Trinajstić information content (AvgIpc) is 2.91. The Kier molecular flexibility index (Phi) is 3.16. The summed E-state index contributed by atoms with van der Waals surface area (Å²) in [6, 6.07) is 9.37. The summed E-state index contributed by atoms with van der Waals surface area (Å²) in [6.07, 6.45) is 5.14. The van der Waals surface area contributed by atoms with Crippen LogP contribution in [0, 0.1) is 0 Å². The van der Waals surface area contributed by atoms with Crippen LogP contribution in [0.25, 0.3) is 16.7 Å². The van der Waals surface area contributed by atoms with E-state index >= 15 is 0 Å². The van der Waals surface area contributed by atoms with E-state index in [2.05, 4.69) is 15.3 Å². The maximum Gasteiger partial charge on any atom is 0.253 e. The van der Waals surface area contributed by atoms with Crippen LogP contribution >= 0.6 is 0 Å². The lowest BCUT2D eigenvalue weighted by Crippen LogP contribution is -2.24. The third-order valence-electron chi connectivity index (χ3n) is 3.10. The third kappa shape index (κ3) is 2.03. The van der Waals surface area contributed by atoms with Crippen molar-refractivity contribution in [1.82, 2.24) is 19.9 Å². The predicted molar refractivity (Wildman–Crippen MR) is 76.9 cm³/mol. The number of carbonyl (C=O) groups is 1. The van der Waals surface area contributed by atoms with E-state index in [1.807, 2.05) is 41.8 Å². The molecule has 20 heavy (non-hydrogen) atoms. The lowest BCUT2D eigenvalue weighted by Gasteiger charge is -2.10. The van der Waals surface area contributed by atoms with E-state index < -0.39 is 0 Å². The van der Waals surface area contributed by atoms with Gasteiger partial charge in [0.05, 0.1) is 23.0 Å². The molecule has 0 aliphatic heterocycles. The molecule has 0 spiro atoms. The van der Waals surface area contributed by atoms with Crippen LogP contribution in [-0.2, 0) is 0 Å². The summed E-state index contributed by atoms with van der Waals surface area (Å²) in [5, 5.41) is 2.83. The van der Waals surface area contributed by atoms with Gasteiger partial charge in [-0.1, -0.05) is 12.1 Å². The number of rotatable bonds is 3. The van der Waals surface area contributed by atoms with Gasteiger partial charge in [0.1, 0.15) is 11.8 Å². The minimum atomic E-state index is -0.0843. The van der Waals surface area contributed by atoms with Gasteiger partial charge in [-0.15, -0.1) is 0 Å². The standard InChI is InChI=1S/C15H14N4O/c1-2-17-15(20)11-5-3-4-6-13(11)19-10-18-12-9-16-8-7-14(12)19/h3-10H,2H2,1H3,(H,17,20). The molecule has 0 bridgehead atoms. The molecule has 3 aromatic rings. The van der Waals surface area contributed by atoms with Crippen molar-refractivity contribution in [2.45, 2.75) is 6.92 Å². The number of para-hydroxylation sites is 1. The molecule has 1 amide bonds. The van der Waals surface area contributed by atoms with E-state index in [1.165, 1.54) is 0 Å². The summed E-state index contributed by atoms with van der Waals surface area (Å²) < 4.78 is 1.90. The third-order valence-corrected chi connectivity index (χ3v) is 3.10. The van der Waals surface area contributed by atoms with Gasteiger partial charge < -0.3 is 5.32 Å². The SMILES string of the molecule is CCNC(=O)c1ccccc1-n1cnc2cnccc21. The number of nitrogens with one attached hydrogen (secondary N) is 1. The largest absolute Gasteiger partial charge is 0.352 e. The molecule has 3 rings (SSSR count). The Labute approximate surface area is 116 Å². The zero-order valence-corrected chi connectivity index (χ0v) is 11.1. The summed E-state index contributed by atoms with van der Waals surface area (Å²) in [4.78, 5) is 20.5. The highest BCUT2D eigenvalue weighted by Crippen LogP contribution is 2.20. The van der Waals surface area contributed by atoms with Crippen molar-refractivity contribution >= 4 is 16.9 Å². The predicted octanol–water partition coefficient (Wildman–Crippen LogP) is 2.17. The monoisotopic (exact) mass is 266 g/mol. The van der Waals surface area contributed by atoms with E-state index in [-0.39, 0.29) is 5.91 Å². The number of benzene rings is 1. The smallest absolute Gasteiger partial charge is 0.253 e. The highest BCUT2D eigenvalue weighted by molar-refractivity contribution is 5.98. The number of imidazole rings is 1. The number of hydrogen-bond acceptors (Lipinski definition) is 3. The molecule has 2 heterocycles. The molecule has 2 aromatic heterocycles. The lowest BCUT2D eigenvalue weighted by atomic mass is 10.1. The average molecular weight is 266 g/mol. The molecule has 0 fully saturated rings. The van der Waals surface area contributed by atoms with E-state index in [9.17, 15) is 4.79 Å². The summed E-state index contributed by atoms with van der Waals surface area (Å²) in [6.45, 7) is 2.50. The summed E-state index contributed by atoms with van der Waals surface area (Å²) in [7, 11) is 0. The van der Waals surface area contributed by atoms with Crippen molar-refractivity contribution in [2.75, 3.05) is 6.54 Å². The first-order valence-electron chi connectivity index (χ1n) is 6.46. The van der Waals surface area contributed by atoms with Crippen LogP contribution in [0.2, 0.25) is 0 Å². The number of aromatic nitrogens is 3. The van der Waals surface area contributed by atoms with Crippen LogP contribution in [0.15, 0.2) is 49.1 Å². The van der Waals surface area contributed by atoms with Gasteiger partial charge in [0.15, 0.2) is 0 Å². The highest BCUT2D eigenvalue weighted by Gasteiger charge is 2.13. The Balaban J connectivity index is 2.17. The van der Waals surface area contributed by atoms with Gasteiger partial charge in [-0.2, -0.15) is 0 Å². The molecule has 1 aromatic carbocycles. The zero-order valence-electron chi connectivity index (χ0n) is 11.1. The minimum absolute atomic E-state index is 0.0843. The van der Waals surface area contributed by atoms with Crippen LogP contribution in [0.5, 0.6) is 0 Å². The van der Waals surface area contributed by atoms with Crippen LogP contribution in [0.4, 0.5) is 0 Å². The maximum absolute atomic E-state index is 12.1. The normalized spacial score (nSPS) is 10.7. The van der Waals surface area contributed by atoms with Crippen molar-refractivity contribution in [3.8, 4) is 5.69 Å². The molecule has 0 radical (unpaired) electrons. The number of hydrogen-bond donors (Lipinski definition) is 1. The van der Waals surface area contributed by atoms with E-state index in [0.29, 0.717) is 12.1 Å². The quantitative estimate of drug-likeness (QED) is 0.790. The number of fused-ring (bicyclic) bond motifs is 1. The summed E-state index contributed by atoms with van der Waals surface area (Å²) in [5.41, 5.74) is 3.17. The van der Waals surface area contributed by atoms with Gasteiger partial charge in [-0.3, -0.25) is 14.3 Å². The fourth-order valence-electron chi connectivity index (χ4n) is 2.19. The molecule has 5 nitrogen and oxygen atoms in total. The van der Waals surface area contributed by atoms with Crippen LogP contribution in [-0.4, -0.2) is 27.0 Å². The number of carbonyl (C=O) groups excluding carboxylic acids is 1. The Bertz CT molecular complexity index is 763. The Hall–Kier alpha value is -2.69. The van der Waals surface area contributed by atoms with Crippen LogP contribution < -0.4 is 5.32 Å². The summed E-state index contributed by atoms with van der Waals surface area (Å²) >= 11 is 0. The first-order valence-corrected chi connectivity index (χ1v) is 6.46. The molecule has 0 atom stereocenters. The molecule has 1 N–H and O–H groups in total. The fourth-order valence-corrected chi connectivity index (χ4v) is 2.19. The van der Waals surface area contributed by atoms with Crippen molar-refractivity contribution < 1.29 is 4.79 Å². The molecular formula is C15H14N4O.